The van der Waals surface area contributed by atoms with Gasteiger partial charge in [0.15, 0.2) is 0 Å². The van der Waals surface area contributed by atoms with E-state index in [0.29, 0.717) is 6.04 Å². The number of likely N-dealkylation sites (tertiary alicyclic amines) is 1. The maximum absolute atomic E-state index is 11.9. The smallest absolute Gasteiger partial charge is 0.318 e. The van der Waals surface area contributed by atoms with Crippen molar-refractivity contribution in [2.24, 2.45) is 0 Å². The number of likely N-dealkylation sites (N-methyl/N-ethyl adjacent to an activating group) is 1. The lowest BCUT2D eigenvalue weighted by Gasteiger charge is -2.29. The molecule has 1 unspecified atom stereocenters. The second-order valence-corrected chi connectivity index (χ2v) is 5.23. The quantitative estimate of drug-likeness (QED) is 0.723. The Morgan fingerprint density at radius 3 is 2.67 bits per heavy atom. The zero-order valence-electron chi connectivity index (χ0n) is 10.3. The van der Waals surface area contributed by atoms with E-state index in [1.165, 1.54) is 0 Å². The first-order chi connectivity index (χ1) is 6.94. The lowest BCUT2D eigenvalue weighted by atomic mass is 10.1. The van der Waals surface area contributed by atoms with Gasteiger partial charge in [-0.2, -0.15) is 0 Å². The lowest BCUT2D eigenvalue weighted by molar-refractivity contribution is 0.183. The van der Waals surface area contributed by atoms with Crippen LogP contribution in [0.5, 0.6) is 0 Å². The van der Waals surface area contributed by atoms with Crippen molar-refractivity contribution in [2.75, 3.05) is 20.1 Å². The minimum atomic E-state index is -0.149. The predicted octanol–water partition coefficient (Wildman–Crippen LogP) is 1.18. The van der Waals surface area contributed by atoms with Crippen LogP contribution in [-0.4, -0.2) is 42.6 Å². The third-order valence-corrected chi connectivity index (χ3v) is 2.56. The Balaban J connectivity index is 2.51. The summed E-state index contributed by atoms with van der Waals surface area (Å²) in [5.74, 6) is 0. The SMILES string of the molecule is CNCC1CCCN1C(=O)NC(C)(C)C. The van der Waals surface area contributed by atoms with Crippen LogP contribution < -0.4 is 10.6 Å². The molecule has 1 fully saturated rings. The number of urea groups is 1. The molecule has 1 aliphatic rings. The maximum atomic E-state index is 11.9. The van der Waals surface area contributed by atoms with Crippen molar-refractivity contribution in [3.8, 4) is 0 Å². The van der Waals surface area contributed by atoms with Gasteiger partial charge in [0.2, 0.25) is 0 Å². The standard InChI is InChI=1S/C11H23N3O/c1-11(2,3)13-10(15)14-7-5-6-9(14)8-12-4/h9,12H,5-8H2,1-4H3,(H,13,15). The van der Waals surface area contributed by atoms with Gasteiger partial charge in [0.1, 0.15) is 0 Å². The summed E-state index contributed by atoms with van der Waals surface area (Å²) < 4.78 is 0. The number of rotatable bonds is 2. The minimum absolute atomic E-state index is 0.0697. The topological polar surface area (TPSA) is 44.4 Å². The van der Waals surface area contributed by atoms with Crippen LogP contribution in [0.15, 0.2) is 0 Å². The van der Waals surface area contributed by atoms with Crippen LogP contribution in [0, 0.1) is 0 Å². The van der Waals surface area contributed by atoms with Crippen molar-refractivity contribution in [1.82, 2.24) is 15.5 Å². The molecular weight excluding hydrogens is 190 g/mol. The van der Waals surface area contributed by atoms with E-state index in [9.17, 15) is 4.79 Å². The Labute approximate surface area is 92.4 Å². The van der Waals surface area contributed by atoms with Crippen LogP contribution in [0.3, 0.4) is 0 Å². The first kappa shape index (κ1) is 12.3. The van der Waals surface area contributed by atoms with Gasteiger partial charge in [0, 0.05) is 24.7 Å². The van der Waals surface area contributed by atoms with Gasteiger partial charge in [-0.15, -0.1) is 0 Å². The molecule has 1 atom stereocenters. The van der Waals surface area contributed by atoms with Crippen LogP contribution in [0.25, 0.3) is 0 Å². The molecule has 0 aliphatic carbocycles. The highest BCUT2D eigenvalue weighted by atomic mass is 16.2. The number of nitrogens with zero attached hydrogens (tertiary/aromatic N) is 1. The lowest BCUT2D eigenvalue weighted by Crippen LogP contribution is -2.51. The van der Waals surface area contributed by atoms with Gasteiger partial charge in [-0.25, -0.2) is 4.79 Å². The Morgan fingerprint density at radius 1 is 1.47 bits per heavy atom. The molecule has 1 heterocycles. The molecule has 1 saturated heterocycles. The maximum Gasteiger partial charge on any atom is 0.318 e. The molecule has 0 spiro atoms. The summed E-state index contributed by atoms with van der Waals surface area (Å²) >= 11 is 0. The first-order valence-corrected chi connectivity index (χ1v) is 5.67. The average molecular weight is 213 g/mol. The fourth-order valence-electron chi connectivity index (χ4n) is 1.94. The highest BCUT2D eigenvalue weighted by molar-refractivity contribution is 5.75. The molecule has 88 valence electrons. The van der Waals surface area contributed by atoms with Crippen LogP contribution >= 0.6 is 0 Å². The Bertz CT molecular complexity index is 222. The van der Waals surface area contributed by atoms with Crippen molar-refractivity contribution in [3.05, 3.63) is 0 Å². The van der Waals surface area contributed by atoms with Crippen LogP contribution in [0.4, 0.5) is 4.79 Å². The second kappa shape index (κ2) is 4.84. The van der Waals surface area contributed by atoms with Crippen LogP contribution in [-0.2, 0) is 0 Å². The molecule has 0 saturated carbocycles. The normalized spacial score (nSPS) is 21.9. The number of amides is 2. The second-order valence-electron chi connectivity index (χ2n) is 5.23. The molecule has 1 rings (SSSR count). The van der Waals surface area contributed by atoms with Crippen LogP contribution in [0.1, 0.15) is 33.6 Å². The highest BCUT2D eigenvalue weighted by Crippen LogP contribution is 2.17. The van der Waals surface area contributed by atoms with E-state index in [1.54, 1.807) is 0 Å². The monoisotopic (exact) mass is 213 g/mol. The fraction of sp³-hybridized carbons (Fsp3) is 0.909. The molecule has 1 aliphatic heterocycles. The van der Waals surface area contributed by atoms with Crippen molar-refractivity contribution < 1.29 is 4.79 Å². The highest BCUT2D eigenvalue weighted by Gasteiger charge is 2.29. The summed E-state index contributed by atoms with van der Waals surface area (Å²) in [6.45, 7) is 7.79. The molecular formula is C11H23N3O. The van der Waals surface area contributed by atoms with E-state index in [2.05, 4.69) is 10.6 Å². The van der Waals surface area contributed by atoms with Gasteiger partial charge in [0.05, 0.1) is 0 Å². The first-order valence-electron chi connectivity index (χ1n) is 5.67. The Morgan fingerprint density at radius 2 is 2.13 bits per heavy atom. The van der Waals surface area contributed by atoms with Gasteiger partial charge in [-0.3, -0.25) is 0 Å². The number of nitrogens with one attached hydrogen (secondary N) is 2. The van der Waals surface area contributed by atoms with Crippen molar-refractivity contribution in [2.45, 2.75) is 45.2 Å². The van der Waals surface area contributed by atoms with Gasteiger partial charge >= 0.3 is 6.03 Å². The van der Waals surface area contributed by atoms with Crippen molar-refractivity contribution in [1.29, 1.82) is 0 Å². The minimum Gasteiger partial charge on any atom is -0.333 e. The third-order valence-electron chi connectivity index (χ3n) is 2.56. The van der Waals surface area contributed by atoms with E-state index in [0.717, 1.165) is 25.9 Å². The number of carbonyl (C=O) groups excluding carboxylic acids is 1. The number of hydrogen-bond acceptors (Lipinski definition) is 2. The van der Waals surface area contributed by atoms with Crippen molar-refractivity contribution in [3.63, 3.8) is 0 Å². The molecule has 0 aromatic heterocycles. The molecule has 0 aromatic carbocycles. The van der Waals surface area contributed by atoms with E-state index in [-0.39, 0.29) is 11.6 Å². The Kier molecular flexibility index (Phi) is 3.97. The van der Waals surface area contributed by atoms with Crippen molar-refractivity contribution >= 4 is 6.03 Å². The molecule has 15 heavy (non-hydrogen) atoms. The Hall–Kier alpha value is -0.770. The molecule has 0 bridgehead atoms. The number of carbonyl (C=O) groups is 1. The summed E-state index contributed by atoms with van der Waals surface area (Å²) in [5, 5.41) is 6.14. The largest absolute Gasteiger partial charge is 0.333 e. The number of hydrogen-bond donors (Lipinski definition) is 2. The zero-order valence-corrected chi connectivity index (χ0v) is 10.3. The van der Waals surface area contributed by atoms with Gasteiger partial charge < -0.3 is 15.5 Å². The summed E-state index contributed by atoms with van der Waals surface area (Å²) in [5.41, 5.74) is -0.149. The summed E-state index contributed by atoms with van der Waals surface area (Å²) in [6, 6.07) is 0.428. The van der Waals surface area contributed by atoms with Gasteiger partial charge in [-0.05, 0) is 40.7 Å². The van der Waals surface area contributed by atoms with E-state index in [1.807, 2.05) is 32.7 Å². The average Bonchev–Trinajstić information content (AvgIpc) is 2.49. The van der Waals surface area contributed by atoms with Gasteiger partial charge in [-0.1, -0.05) is 0 Å². The molecule has 2 amide bonds. The molecule has 2 N–H and O–H groups in total. The van der Waals surface area contributed by atoms with Gasteiger partial charge in [0.25, 0.3) is 0 Å². The summed E-state index contributed by atoms with van der Waals surface area (Å²) in [6.07, 6.45) is 2.22. The zero-order chi connectivity index (χ0) is 11.5. The molecule has 0 radical (unpaired) electrons. The van der Waals surface area contributed by atoms with E-state index in [4.69, 9.17) is 0 Å². The fourth-order valence-corrected chi connectivity index (χ4v) is 1.94. The summed E-state index contributed by atoms with van der Waals surface area (Å²) in [4.78, 5) is 13.9. The third kappa shape index (κ3) is 3.70. The molecule has 4 nitrogen and oxygen atoms in total. The van der Waals surface area contributed by atoms with Crippen LogP contribution in [0.2, 0.25) is 0 Å². The summed E-state index contributed by atoms with van der Waals surface area (Å²) in [7, 11) is 1.93. The van der Waals surface area contributed by atoms with E-state index >= 15 is 0 Å². The molecule has 0 aromatic rings. The molecule has 4 heteroatoms. The predicted molar refractivity (Wildman–Crippen MR) is 61.9 cm³/mol. The van der Waals surface area contributed by atoms with E-state index < -0.39 is 0 Å².